The van der Waals surface area contributed by atoms with Crippen LogP contribution in [0.2, 0.25) is 0 Å². The predicted molar refractivity (Wildman–Crippen MR) is 100.0 cm³/mol. The first-order valence-corrected chi connectivity index (χ1v) is 9.24. The van der Waals surface area contributed by atoms with E-state index in [2.05, 4.69) is 5.32 Å². The minimum Gasteiger partial charge on any atom is -0.419 e. The molecule has 3 rings (SSSR count). The standard InChI is InChI=1S/C20H16F3NO4S/c1-19(2)27-17(25)16(18(26)28-19)11-24-13-6-8-14(9-7-13)29-15-5-3-4-12(10-15)20(21,22)23/h3-11,24H,1-2H3. The Morgan fingerprint density at radius 3 is 2.17 bits per heavy atom. The van der Waals surface area contributed by atoms with E-state index in [4.69, 9.17) is 9.47 Å². The molecule has 0 bridgehead atoms. The highest BCUT2D eigenvalue weighted by atomic mass is 32.2. The summed E-state index contributed by atoms with van der Waals surface area (Å²) in [7, 11) is 0. The number of hydrogen-bond acceptors (Lipinski definition) is 6. The van der Waals surface area contributed by atoms with Crippen molar-refractivity contribution in [2.45, 2.75) is 35.6 Å². The number of benzene rings is 2. The number of halogens is 3. The molecule has 29 heavy (non-hydrogen) atoms. The molecule has 1 saturated heterocycles. The van der Waals surface area contributed by atoms with E-state index in [-0.39, 0.29) is 5.57 Å². The van der Waals surface area contributed by atoms with E-state index in [1.165, 1.54) is 37.9 Å². The van der Waals surface area contributed by atoms with Gasteiger partial charge in [0.05, 0.1) is 5.56 Å². The zero-order valence-electron chi connectivity index (χ0n) is 15.4. The number of nitrogens with one attached hydrogen (secondary N) is 1. The number of esters is 2. The SMILES string of the molecule is CC1(C)OC(=O)C(=CNc2ccc(Sc3cccc(C(F)(F)F)c3)cc2)C(=O)O1. The van der Waals surface area contributed by atoms with Gasteiger partial charge in [-0.25, -0.2) is 9.59 Å². The molecule has 9 heteroatoms. The molecule has 152 valence electrons. The summed E-state index contributed by atoms with van der Waals surface area (Å²) >= 11 is 1.18. The van der Waals surface area contributed by atoms with E-state index in [0.29, 0.717) is 10.6 Å². The second-order valence-electron chi connectivity index (χ2n) is 6.53. The highest BCUT2D eigenvalue weighted by molar-refractivity contribution is 7.99. The maximum absolute atomic E-state index is 12.8. The molecule has 0 aromatic heterocycles. The summed E-state index contributed by atoms with van der Waals surface area (Å²) in [5.74, 6) is -2.90. The van der Waals surface area contributed by atoms with Gasteiger partial charge in [-0.3, -0.25) is 0 Å². The van der Waals surface area contributed by atoms with Gasteiger partial charge in [-0.05, 0) is 42.5 Å². The smallest absolute Gasteiger partial charge is 0.416 e. The van der Waals surface area contributed by atoms with E-state index in [0.717, 1.165) is 17.0 Å². The van der Waals surface area contributed by atoms with Gasteiger partial charge in [0.15, 0.2) is 5.57 Å². The highest BCUT2D eigenvalue weighted by Crippen LogP contribution is 2.34. The van der Waals surface area contributed by atoms with Crippen molar-refractivity contribution in [3.05, 3.63) is 65.9 Å². The topological polar surface area (TPSA) is 64.6 Å². The maximum atomic E-state index is 12.8. The van der Waals surface area contributed by atoms with Crippen LogP contribution in [0.1, 0.15) is 19.4 Å². The monoisotopic (exact) mass is 423 g/mol. The first-order chi connectivity index (χ1) is 13.5. The van der Waals surface area contributed by atoms with Gasteiger partial charge in [-0.1, -0.05) is 17.8 Å². The lowest BCUT2D eigenvalue weighted by atomic mass is 10.2. The first kappa shape index (κ1) is 20.8. The number of alkyl halides is 3. The molecule has 0 saturated carbocycles. The Labute approximate surface area is 168 Å². The minimum absolute atomic E-state index is 0.272. The third-order valence-corrected chi connectivity index (χ3v) is 4.75. The summed E-state index contributed by atoms with van der Waals surface area (Å²) in [6.45, 7) is 2.90. The normalized spacial score (nSPS) is 16.1. The highest BCUT2D eigenvalue weighted by Gasteiger charge is 2.39. The van der Waals surface area contributed by atoms with Gasteiger partial charge >= 0.3 is 18.1 Å². The van der Waals surface area contributed by atoms with Crippen LogP contribution in [0.5, 0.6) is 0 Å². The Morgan fingerprint density at radius 1 is 0.966 bits per heavy atom. The summed E-state index contributed by atoms with van der Waals surface area (Å²) in [5, 5.41) is 2.80. The maximum Gasteiger partial charge on any atom is 0.416 e. The fraction of sp³-hybridized carbons (Fsp3) is 0.200. The van der Waals surface area contributed by atoms with Crippen molar-refractivity contribution < 1.29 is 32.2 Å². The molecule has 1 aliphatic rings. The molecule has 0 radical (unpaired) electrons. The van der Waals surface area contributed by atoms with Crippen LogP contribution in [0.25, 0.3) is 0 Å². The molecule has 0 unspecified atom stereocenters. The molecule has 5 nitrogen and oxygen atoms in total. The first-order valence-electron chi connectivity index (χ1n) is 8.42. The molecule has 1 N–H and O–H groups in total. The summed E-state index contributed by atoms with van der Waals surface area (Å²) < 4.78 is 48.4. The second-order valence-corrected chi connectivity index (χ2v) is 7.68. The van der Waals surface area contributed by atoms with Crippen LogP contribution in [0.4, 0.5) is 18.9 Å². The molecule has 1 heterocycles. The number of cyclic esters (lactones) is 2. The Balaban J connectivity index is 1.67. The van der Waals surface area contributed by atoms with Gasteiger partial charge in [0.2, 0.25) is 0 Å². The van der Waals surface area contributed by atoms with Crippen LogP contribution < -0.4 is 5.32 Å². The lowest BCUT2D eigenvalue weighted by molar-refractivity contribution is -0.222. The molecule has 0 spiro atoms. The third-order valence-electron chi connectivity index (χ3n) is 3.75. The number of carbonyl (C=O) groups is 2. The third kappa shape index (κ3) is 5.32. The number of rotatable bonds is 4. The zero-order valence-corrected chi connectivity index (χ0v) is 16.2. The average molecular weight is 423 g/mol. The second kappa shape index (κ2) is 7.82. The van der Waals surface area contributed by atoms with Crippen molar-refractivity contribution in [3.63, 3.8) is 0 Å². The quantitative estimate of drug-likeness (QED) is 0.425. The van der Waals surface area contributed by atoms with Crippen molar-refractivity contribution >= 4 is 29.4 Å². The zero-order chi connectivity index (χ0) is 21.2. The fourth-order valence-electron chi connectivity index (χ4n) is 2.43. The molecule has 1 aliphatic heterocycles. The van der Waals surface area contributed by atoms with Crippen molar-refractivity contribution in [2.24, 2.45) is 0 Å². The molecule has 0 atom stereocenters. The van der Waals surface area contributed by atoms with E-state index in [9.17, 15) is 22.8 Å². The van der Waals surface area contributed by atoms with Gasteiger partial charge in [0.1, 0.15) is 0 Å². The molecule has 1 fully saturated rings. The molecule has 0 aliphatic carbocycles. The summed E-state index contributed by atoms with van der Waals surface area (Å²) in [4.78, 5) is 24.9. The largest absolute Gasteiger partial charge is 0.419 e. The van der Waals surface area contributed by atoms with Crippen molar-refractivity contribution in [3.8, 4) is 0 Å². The van der Waals surface area contributed by atoms with Crippen LogP contribution >= 0.6 is 11.8 Å². The lowest BCUT2D eigenvalue weighted by Gasteiger charge is -2.29. The van der Waals surface area contributed by atoms with Crippen molar-refractivity contribution in [1.82, 2.24) is 0 Å². The van der Waals surface area contributed by atoms with Crippen LogP contribution in [0.3, 0.4) is 0 Å². The number of ether oxygens (including phenoxy) is 2. The Bertz CT molecular complexity index is 946. The lowest BCUT2D eigenvalue weighted by Crippen LogP contribution is -2.42. The van der Waals surface area contributed by atoms with Crippen LogP contribution in [0, 0.1) is 0 Å². The number of anilines is 1. The molecule has 2 aromatic carbocycles. The van der Waals surface area contributed by atoms with Crippen molar-refractivity contribution in [2.75, 3.05) is 5.32 Å². The summed E-state index contributed by atoms with van der Waals surface area (Å²) in [5.41, 5.74) is -0.412. The Hall–Kier alpha value is -2.94. The van der Waals surface area contributed by atoms with Crippen molar-refractivity contribution in [1.29, 1.82) is 0 Å². The van der Waals surface area contributed by atoms with Gasteiger partial charge in [0, 0.05) is 35.5 Å². The molecule has 2 aromatic rings. The van der Waals surface area contributed by atoms with E-state index < -0.39 is 29.5 Å². The number of carbonyl (C=O) groups excluding carboxylic acids is 2. The van der Waals surface area contributed by atoms with Crippen LogP contribution in [-0.2, 0) is 25.2 Å². The molecular formula is C20H16F3NO4S. The predicted octanol–water partition coefficient (Wildman–Crippen LogP) is 4.99. The van der Waals surface area contributed by atoms with Gasteiger partial charge in [0.25, 0.3) is 5.79 Å². The average Bonchev–Trinajstić information content (AvgIpc) is 2.61. The van der Waals surface area contributed by atoms with E-state index in [1.54, 1.807) is 30.3 Å². The van der Waals surface area contributed by atoms with Crippen LogP contribution in [-0.4, -0.2) is 17.7 Å². The summed E-state index contributed by atoms with van der Waals surface area (Å²) in [6, 6.07) is 11.8. The number of hydrogen-bond donors (Lipinski definition) is 1. The van der Waals surface area contributed by atoms with Crippen LogP contribution in [0.15, 0.2) is 70.1 Å². The molecular weight excluding hydrogens is 407 g/mol. The van der Waals surface area contributed by atoms with E-state index >= 15 is 0 Å². The van der Waals surface area contributed by atoms with E-state index in [1.807, 2.05) is 0 Å². The minimum atomic E-state index is -4.39. The Kier molecular flexibility index (Phi) is 5.61. The molecule has 0 amide bonds. The van der Waals surface area contributed by atoms with Gasteiger partial charge in [-0.15, -0.1) is 0 Å². The van der Waals surface area contributed by atoms with Gasteiger partial charge in [-0.2, -0.15) is 13.2 Å². The Morgan fingerprint density at radius 2 is 1.59 bits per heavy atom. The summed E-state index contributed by atoms with van der Waals surface area (Å²) in [6.07, 6.45) is -3.21. The van der Waals surface area contributed by atoms with Gasteiger partial charge < -0.3 is 14.8 Å². The fourth-order valence-corrected chi connectivity index (χ4v) is 3.30.